The summed E-state index contributed by atoms with van der Waals surface area (Å²) >= 11 is 5.01. The number of rotatable bonds is 5. The Labute approximate surface area is 209 Å². The van der Waals surface area contributed by atoms with Gasteiger partial charge in [0.05, 0.1) is 20.1 Å². The summed E-state index contributed by atoms with van der Waals surface area (Å²) in [4.78, 5) is 15.0. The van der Waals surface area contributed by atoms with Crippen molar-refractivity contribution >= 4 is 61.3 Å². The van der Waals surface area contributed by atoms with Crippen LogP contribution < -0.4 is 15.4 Å². The van der Waals surface area contributed by atoms with Crippen molar-refractivity contribution in [3.63, 3.8) is 0 Å². The fourth-order valence-electron chi connectivity index (χ4n) is 4.21. The lowest BCUT2D eigenvalue weighted by Crippen LogP contribution is -2.43. The van der Waals surface area contributed by atoms with E-state index in [4.69, 9.17) is 15.5 Å². The molecule has 4 aromatic rings. The molecular weight excluding hydrogens is 520 g/mol. The highest BCUT2D eigenvalue weighted by Gasteiger charge is 2.52. The predicted octanol–water partition coefficient (Wildman–Crippen LogP) is 3.20. The Morgan fingerprint density at radius 1 is 1.24 bits per heavy atom. The Bertz CT molecular complexity index is 1380. The fraction of sp³-hybridized carbons (Fsp3) is 0.348. The van der Waals surface area contributed by atoms with Crippen LogP contribution in [0.4, 0.5) is 11.6 Å². The van der Waals surface area contributed by atoms with Crippen molar-refractivity contribution in [2.24, 2.45) is 0 Å². The molecule has 0 saturated carbocycles. The van der Waals surface area contributed by atoms with Crippen LogP contribution in [0, 0.1) is 0 Å². The number of aliphatic hydroxyl groups excluding tert-OH is 2. The van der Waals surface area contributed by atoms with Gasteiger partial charge in [-0.05, 0) is 47.1 Å². The van der Waals surface area contributed by atoms with Crippen molar-refractivity contribution < 1.29 is 14.9 Å². The van der Waals surface area contributed by atoms with E-state index in [0.717, 1.165) is 21.2 Å². The van der Waals surface area contributed by atoms with Crippen molar-refractivity contribution in [2.45, 2.75) is 29.3 Å². The van der Waals surface area contributed by atoms with Crippen molar-refractivity contribution in [1.29, 1.82) is 0 Å². The number of halogens is 1. The van der Waals surface area contributed by atoms with Gasteiger partial charge in [0.1, 0.15) is 53.5 Å². The molecule has 0 bridgehead atoms. The number of nitrogens with two attached hydrogens (primary N) is 1. The third kappa shape index (κ3) is 3.86. The maximum absolute atomic E-state index is 10.9. The van der Waals surface area contributed by atoms with Gasteiger partial charge in [-0.1, -0.05) is 0 Å². The lowest BCUT2D eigenvalue weighted by atomic mass is 10.00. The molecular formula is C23H25BrN6O3S. The number of nitrogen functional groups attached to an aromatic ring is 1. The Hall–Kier alpha value is -2.60. The number of aromatic nitrogens is 4. The lowest BCUT2D eigenvalue weighted by molar-refractivity contribution is -0.00661. The molecule has 1 unspecified atom stereocenters. The topological polar surface area (TPSA) is 123 Å². The van der Waals surface area contributed by atoms with Crippen LogP contribution >= 0.6 is 27.7 Å². The SMILES string of the molecule is CN(C)c1nc2cc(OCC3(C)S[C@@H](n4ccc5c(N)ncnc54)[C@H](O)[C@@H]3O)ccc2cc1Br. The van der Waals surface area contributed by atoms with Gasteiger partial charge in [-0.3, -0.25) is 0 Å². The third-order valence-corrected chi connectivity index (χ3v) is 8.35. The first kappa shape index (κ1) is 23.2. The van der Waals surface area contributed by atoms with E-state index in [1.165, 1.54) is 18.1 Å². The maximum Gasteiger partial charge on any atom is 0.146 e. The fourth-order valence-corrected chi connectivity index (χ4v) is 6.43. The molecule has 4 heterocycles. The third-order valence-electron chi connectivity index (χ3n) is 6.12. The Balaban J connectivity index is 1.38. The molecule has 34 heavy (non-hydrogen) atoms. The highest BCUT2D eigenvalue weighted by Crippen LogP contribution is 2.50. The molecule has 0 spiro atoms. The van der Waals surface area contributed by atoms with Gasteiger partial charge in [0.2, 0.25) is 0 Å². The summed E-state index contributed by atoms with van der Waals surface area (Å²) in [6.07, 6.45) is 1.19. The molecule has 0 aliphatic carbocycles. The monoisotopic (exact) mass is 544 g/mol. The van der Waals surface area contributed by atoms with Crippen LogP contribution in [-0.2, 0) is 0 Å². The maximum atomic E-state index is 10.9. The number of aliphatic hydroxyl groups is 2. The van der Waals surface area contributed by atoms with Crippen molar-refractivity contribution in [2.75, 3.05) is 31.3 Å². The minimum absolute atomic E-state index is 0.200. The number of pyridine rings is 1. The Morgan fingerprint density at radius 2 is 2.03 bits per heavy atom. The highest BCUT2D eigenvalue weighted by atomic mass is 79.9. The number of hydrogen-bond donors (Lipinski definition) is 3. The summed E-state index contributed by atoms with van der Waals surface area (Å²) in [6.45, 7) is 2.09. The zero-order valence-electron chi connectivity index (χ0n) is 18.9. The number of nitrogens with zero attached hydrogens (tertiary/aromatic N) is 5. The molecule has 178 valence electrons. The van der Waals surface area contributed by atoms with Gasteiger partial charge in [-0.25, -0.2) is 15.0 Å². The van der Waals surface area contributed by atoms with E-state index in [9.17, 15) is 10.2 Å². The molecule has 1 saturated heterocycles. The minimum Gasteiger partial charge on any atom is -0.492 e. The van der Waals surface area contributed by atoms with Gasteiger partial charge in [0, 0.05) is 31.7 Å². The molecule has 1 aliphatic heterocycles. The van der Waals surface area contributed by atoms with Gasteiger partial charge in [-0.15, -0.1) is 11.8 Å². The van der Waals surface area contributed by atoms with Crippen LogP contribution in [0.3, 0.4) is 0 Å². The standard InChI is InChI=1S/C23H25BrN6O3S/c1-23(10-33-13-5-4-12-8-15(24)21(29(2)3)28-16(12)9-13)18(32)17(31)22(34-23)30-7-6-14-19(25)26-11-27-20(14)30/h4-9,11,17-18,22,31-32H,10H2,1-3H3,(H2,25,26,27)/t17-,18+,22-,23?/m1/s1. The highest BCUT2D eigenvalue weighted by molar-refractivity contribution is 9.10. The molecule has 1 aromatic carbocycles. The van der Waals surface area contributed by atoms with Crippen LogP contribution in [0.25, 0.3) is 21.9 Å². The van der Waals surface area contributed by atoms with Gasteiger partial charge in [-0.2, -0.15) is 0 Å². The molecule has 0 radical (unpaired) electrons. The second-order valence-corrected chi connectivity index (χ2v) is 11.3. The van der Waals surface area contributed by atoms with Crippen LogP contribution in [0.2, 0.25) is 0 Å². The summed E-state index contributed by atoms with van der Waals surface area (Å²) in [7, 11) is 3.88. The number of anilines is 2. The molecule has 11 heteroatoms. The molecule has 9 nitrogen and oxygen atoms in total. The molecule has 1 aliphatic rings. The first-order valence-corrected chi connectivity index (χ1v) is 12.4. The zero-order valence-corrected chi connectivity index (χ0v) is 21.3. The molecule has 3 aromatic heterocycles. The average molecular weight is 545 g/mol. The van der Waals surface area contributed by atoms with E-state index in [2.05, 4.69) is 25.9 Å². The smallest absolute Gasteiger partial charge is 0.146 e. The first-order chi connectivity index (χ1) is 16.2. The largest absolute Gasteiger partial charge is 0.492 e. The lowest BCUT2D eigenvalue weighted by Gasteiger charge is -2.27. The second-order valence-electron chi connectivity index (χ2n) is 8.81. The van der Waals surface area contributed by atoms with Gasteiger partial charge in [0.25, 0.3) is 0 Å². The van der Waals surface area contributed by atoms with E-state index in [1.807, 2.05) is 67.0 Å². The molecule has 4 atom stereocenters. The zero-order chi connectivity index (χ0) is 24.2. The Kier molecular flexibility index (Phi) is 5.83. The summed E-state index contributed by atoms with van der Waals surface area (Å²) < 4.78 is 8.11. The summed E-state index contributed by atoms with van der Waals surface area (Å²) in [6, 6.07) is 9.57. The number of benzene rings is 1. The molecule has 1 fully saturated rings. The van der Waals surface area contributed by atoms with Crippen LogP contribution in [0.15, 0.2) is 47.3 Å². The van der Waals surface area contributed by atoms with Gasteiger partial charge >= 0.3 is 0 Å². The van der Waals surface area contributed by atoms with E-state index >= 15 is 0 Å². The Morgan fingerprint density at radius 3 is 2.79 bits per heavy atom. The number of ether oxygens (including phenoxy) is 1. The van der Waals surface area contributed by atoms with E-state index in [1.54, 1.807) is 0 Å². The average Bonchev–Trinajstić information content (AvgIpc) is 3.33. The van der Waals surface area contributed by atoms with Crippen LogP contribution in [0.5, 0.6) is 5.75 Å². The summed E-state index contributed by atoms with van der Waals surface area (Å²) in [5.41, 5.74) is 7.38. The number of hydrogen-bond acceptors (Lipinski definition) is 9. The van der Waals surface area contributed by atoms with Gasteiger partial charge < -0.3 is 30.2 Å². The second kappa shape index (κ2) is 8.56. The number of fused-ring (bicyclic) bond motifs is 2. The van der Waals surface area contributed by atoms with Crippen molar-refractivity contribution in [1.82, 2.24) is 19.5 Å². The summed E-state index contributed by atoms with van der Waals surface area (Å²) in [5.74, 6) is 1.85. The molecule has 5 rings (SSSR count). The normalized spacial score (nSPS) is 24.7. The summed E-state index contributed by atoms with van der Waals surface area (Å²) in [5, 5.41) is 23.1. The van der Waals surface area contributed by atoms with E-state index < -0.39 is 22.3 Å². The minimum atomic E-state index is -1.01. The van der Waals surface area contributed by atoms with Gasteiger partial charge in [0.15, 0.2) is 0 Å². The van der Waals surface area contributed by atoms with Crippen LogP contribution in [-0.4, -0.2) is 67.4 Å². The van der Waals surface area contributed by atoms with Crippen molar-refractivity contribution in [3.05, 3.63) is 47.3 Å². The first-order valence-electron chi connectivity index (χ1n) is 10.7. The predicted molar refractivity (Wildman–Crippen MR) is 138 cm³/mol. The number of thioether (sulfide) groups is 1. The van der Waals surface area contributed by atoms with E-state index in [0.29, 0.717) is 22.6 Å². The quantitative estimate of drug-likeness (QED) is 0.347. The van der Waals surface area contributed by atoms with E-state index in [-0.39, 0.29) is 6.61 Å². The van der Waals surface area contributed by atoms with Crippen molar-refractivity contribution in [3.8, 4) is 5.75 Å². The molecule has 0 amide bonds. The van der Waals surface area contributed by atoms with Crippen LogP contribution in [0.1, 0.15) is 12.3 Å². The molecule has 4 N–H and O–H groups in total.